The summed E-state index contributed by atoms with van der Waals surface area (Å²) in [5.74, 6) is 1.65. The molecule has 2 aromatic rings. The van der Waals surface area contributed by atoms with Crippen molar-refractivity contribution in [2.45, 2.75) is 51.0 Å². The smallest absolute Gasteiger partial charge is 0.223 e. The molecule has 1 amide bonds. The van der Waals surface area contributed by atoms with E-state index < -0.39 is 0 Å². The monoisotopic (exact) mass is 368 g/mol. The second-order valence-corrected chi connectivity index (χ2v) is 7.53. The van der Waals surface area contributed by atoms with Crippen LogP contribution in [0.1, 0.15) is 56.7 Å². The lowest BCUT2D eigenvalue weighted by Crippen LogP contribution is -2.32. The van der Waals surface area contributed by atoms with Crippen LogP contribution in [0.5, 0.6) is 0 Å². The van der Waals surface area contributed by atoms with Crippen LogP contribution in [-0.2, 0) is 4.79 Å². The first-order valence-electron chi connectivity index (χ1n) is 9.84. The maximum absolute atomic E-state index is 13.0. The molecular formula is C21H25FN4O. The Bertz CT molecular complexity index is 789. The highest BCUT2D eigenvalue weighted by Gasteiger charge is 2.32. The van der Waals surface area contributed by atoms with Gasteiger partial charge in [-0.15, -0.1) is 0 Å². The molecule has 1 N–H and O–H groups in total. The Morgan fingerprint density at radius 2 is 1.96 bits per heavy atom. The molecule has 1 atom stereocenters. The van der Waals surface area contributed by atoms with E-state index in [4.69, 9.17) is 4.98 Å². The SMILES string of the molecule is O=C(CC1CCCC1)N1CCC[C@H]1c1cccc(Nc2ccc(F)cn2)n1. The quantitative estimate of drug-likeness (QED) is 0.838. The van der Waals surface area contributed by atoms with Crippen molar-refractivity contribution in [3.05, 3.63) is 48.0 Å². The average molecular weight is 368 g/mol. The molecule has 4 rings (SSSR count). The molecule has 0 aromatic carbocycles. The number of pyridine rings is 2. The number of carbonyl (C=O) groups is 1. The molecule has 27 heavy (non-hydrogen) atoms. The van der Waals surface area contributed by atoms with Gasteiger partial charge in [0.05, 0.1) is 17.9 Å². The molecule has 1 aliphatic heterocycles. The molecule has 0 unspecified atom stereocenters. The largest absolute Gasteiger partial charge is 0.334 e. The number of nitrogens with zero attached hydrogens (tertiary/aromatic N) is 3. The fourth-order valence-electron chi connectivity index (χ4n) is 4.24. The Morgan fingerprint density at radius 3 is 2.74 bits per heavy atom. The van der Waals surface area contributed by atoms with Crippen LogP contribution in [0.3, 0.4) is 0 Å². The number of hydrogen-bond acceptors (Lipinski definition) is 4. The number of aromatic nitrogens is 2. The van der Waals surface area contributed by atoms with E-state index in [1.807, 2.05) is 23.1 Å². The number of carbonyl (C=O) groups excluding carboxylic acids is 1. The van der Waals surface area contributed by atoms with E-state index >= 15 is 0 Å². The zero-order valence-corrected chi connectivity index (χ0v) is 15.4. The van der Waals surface area contributed by atoms with Gasteiger partial charge in [0.2, 0.25) is 5.91 Å². The maximum Gasteiger partial charge on any atom is 0.223 e. The molecule has 1 aliphatic carbocycles. The molecule has 3 heterocycles. The lowest BCUT2D eigenvalue weighted by atomic mass is 10.0. The predicted octanol–water partition coefficient (Wildman–Crippen LogP) is 4.60. The van der Waals surface area contributed by atoms with Crippen molar-refractivity contribution < 1.29 is 9.18 Å². The van der Waals surface area contributed by atoms with Crippen LogP contribution in [0.4, 0.5) is 16.0 Å². The molecule has 0 radical (unpaired) electrons. The van der Waals surface area contributed by atoms with Gasteiger partial charge >= 0.3 is 0 Å². The van der Waals surface area contributed by atoms with E-state index in [0.29, 0.717) is 24.0 Å². The number of likely N-dealkylation sites (tertiary alicyclic amines) is 1. The summed E-state index contributed by atoms with van der Waals surface area (Å²) in [6, 6.07) is 8.76. The lowest BCUT2D eigenvalue weighted by molar-refractivity contribution is -0.133. The molecule has 0 bridgehead atoms. The van der Waals surface area contributed by atoms with Gasteiger partial charge in [-0.05, 0) is 55.9 Å². The van der Waals surface area contributed by atoms with Crippen molar-refractivity contribution in [2.24, 2.45) is 5.92 Å². The fraction of sp³-hybridized carbons (Fsp3) is 0.476. The summed E-state index contributed by atoms with van der Waals surface area (Å²) in [5, 5.41) is 3.11. The maximum atomic E-state index is 13.0. The number of nitrogens with one attached hydrogen (secondary N) is 1. The highest BCUT2D eigenvalue weighted by molar-refractivity contribution is 5.77. The second kappa shape index (κ2) is 8.03. The van der Waals surface area contributed by atoms with Crippen LogP contribution in [0.25, 0.3) is 0 Å². The molecule has 1 saturated carbocycles. The number of anilines is 2. The highest BCUT2D eigenvalue weighted by atomic mass is 19.1. The summed E-state index contributed by atoms with van der Waals surface area (Å²) >= 11 is 0. The summed E-state index contributed by atoms with van der Waals surface area (Å²) in [5.41, 5.74) is 0.902. The number of hydrogen-bond donors (Lipinski definition) is 1. The Kier molecular flexibility index (Phi) is 5.32. The van der Waals surface area contributed by atoms with E-state index in [1.54, 1.807) is 6.07 Å². The predicted molar refractivity (Wildman–Crippen MR) is 102 cm³/mol. The van der Waals surface area contributed by atoms with Crippen LogP contribution in [0.15, 0.2) is 36.5 Å². The fourth-order valence-corrected chi connectivity index (χ4v) is 4.24. The van der Waals surface area contributed by atoms with Crippen LogP contribution in [0, 0.1) is 11.7 Å². The van der Waals surface area contributed by atoms with Crippen LogP contribution in [0.2, 0.25) is 0 Å². The molecule has 1 saturated heterocycles. The number of amides is 1. The van der Waals surface area contributed by atoms with Crippen molar-refractivity contribution in [1.29, 1.82) is 0 Å². The van der Waals surface area contributed by atoms with Crippen LogP contribution in [-0.4, -0.2) is 27.3 Å². The third-order valence-corrected chi connectivity index (χ3v) is 5.61. The first kappa shape index (κ1) is 17.9. The molecule has 2 fully saturated rings. The Morgan fingerprint density at radius 1 is 1.11 bits per heavy atom. The summed E-state index contributed by atoms with van der Waals surface area (Å²) in [6.45, 7) is 0.815. The van der Waals surface area contributed by atoms with Gasteiger partial charge in [-0.2, -0.15) is 0 Å². The molecule has 142 valence electrons. The first-order valence-corrected chi connectivity index (χ1v) is 9.84. The Balaban J connectivity index is 1.46. The molecule has 0 spiro atoms. The normalized spacial score (nSPS) is 20.2. The minimum atomic E-state index is -0.371. The lowest BCUT2D eigenvalue weighted by Gasteiger charge is -2.26. The topological polar surface area (TPSA) is 58.1 Å². The van der Waals surface area contributed by atoms with Gasteiger partial charge < -0.3 is 10.2 Å². The van der Waals surface area contributed by atoms with Gasteiger partial charge in [-0.3, -0.25) is 4.79 Å². The zero-order valence-electron chi connectivity index (χ0n) is 15.4. The van der Waals surface area contributed by atoms with E-state index in [0.717, 1.165) is 25.1 Å². The van der Waals surface area contributed by atoms with Gasteiger partial charge in [-0.1, -0.05) is 18.9 Å². The minimum absolute atomic E-state index is 0.0434. The molecule has 2 aromatic heterocycles. The van der Waals surface area contributed by atoms with Crippen LogP contribution < -0.4 is 5.32 Å². The van der Waals surface area contributed by atoms with Gasteiger partial charge in [0, 0.05) is 13.0 Å². The Hall–Kier alpha value is -2.50. The number of halogens is 1. The van der Waals surface area contributed by atoms with E-state index in [2.05, 4.69) is 10.3 Å². The van der Waals surface area contributed by atoms with Crippen molar-refractivity contribution in [2.75, 3.05) is 11.9 Å². The number of rotatable bonds is 5. The first-order chi connectivity index (χ1) is 13.2. The minimum Gasteiger partial charge on any atom is -0.334 e. The van der Waals surface area contributed by atoms with Crippen molar-refractivity contribution >= 4 is 17.5 Å². The van der Waals surface area contributed by atoms with Crippen molar-refractivity contribution in [1.82, 2.24) is 14.9 Å². The summed E-state index contributed by atoms with van der Waals surface area (Å²) in [6.07, 6.45) is 8.70. The molecular weight excluding hydrogens is 343 g/mol. The summed E-state index contributed by atoms with van der Waals surface area (Å²) in [7, 11) is 0. The molecule has 2 aliphatic rings. The van der Waals surface area contributed by atoms with E-state index in [1.165, 1.54) is 37.9 Å². The Labute approximate surface area is 159 Å². The third kappa shape index (κ3) is 4.26. The van der Waals surface area contributed by atoms with Gasteiger partial charge in [0.1, 0.15) is 17.5 Å². The van der Waals surface area contributed by atoms with E-state index in [-0.39, 0.29) is 17.8 Å². The average Bonchev–Trinajstić information content (AvgIpc) is 3.35. The van der Waals surface area contributed by atoms with Gasteiger partial charge in [0.25, 0.3) is 0 Å². The van der Waals surface area contributed by atoms with E-state index in [9.17, 15) is 9.18 Å². The third-order valence-electron chi connectivity index (χ3n) is 5.61. The summed E-state index contributed by atoms with van der Waals surface area (Å²) in [4.78, 5) is 23.6. The van der Waals surface area contributed by atoms with Crippen molar-refractivity contribution in [3.63, 3.8) is 0 Å². The zero-order chi connectivity index (χ0) is 18.6. The van der Waals surface area contributed by atoms with Gasteiger partial charge in [-0.25, -0.2) is 14.4 Å². The molecule has 5 nitrogen and oxygen atoms in total. The standard InChI is InChI=1S/C21H25FN4O/c22-16-10-11-19(23-14-16)25-20-9-3-7-17(24-20)18-8-4-12-26(18)21(27)13-15-5-1-2-6-15/h3,7,9-11,14-15,18H,1-2,4-6,8,12-13H2,(H,23,24,25)/t18-/m0/s1. The highest BCUT2D eigenvalue weighted by Crippen LogP contribution is 2.34. The second-order valence-electron chi connectivity index (χ2n) is 7.53. The van der Waals surface area contributed by atoms with Crippen molar-refractivity contribution in [3.8, 4) is 0 Å². The van der Waals surface area contributed by atoms with Gasteiger partial charge in [0.15, 0.2) is 0 Å². The summed E-state index contributed by atoms with van der Waals surface area (Å²) < 4.78 is 13.0. The van der Waals surface area contributed by atoms with Crippen LogP contribution >= 0.6 is 0 Å². The molecule has 6 heteroatoms.